The van der Waals surface area contributed by atoms with Gasteiger partial charge in [-0.15, -0.1) is 0 Å². The minimum atomic E-state index is 0.0437. The molecule has 100 valence electrons. The van der Waals surface area contributed by atoms with Gasteiger partial charge in [0.1, 0.15) is 0 Å². The minimum Gasteiger partial charge on any atom is -0.382 e. The van der Waals surface area contributed by atoms with Crippen LogP contribution in [0, 0.1) is 0 Å². The highest BCUT2D eigenvalue weighted by atomic mass is 16.2. The first-order chi connectivity index (χ1) is 8.58. The van der Waals surface area contributed by atoms with Crippen molar-refractivity contribution in [3.05, 3.63) is 29.8 Å². The summed E-state index contributed by atoms with van der Waals surface area (Å²) in [7, 11) is 3.54. The molecule has 1 N–H and O–H groups in total. The predicted octanol–water partition coefficient (Wildman–Crippen LogP) is 3.38. The maximum Gasteiger partial charge on any atom is 0.253 e. The topological polar surface area (TPSA) is 32.3 Å². The summed E-state index contributed by atoms with van der Waals surface area (Å²) in [5.41, 5.74) is 1.76. The Morgan fingerprint density at radius 1 is 1.33 bits per heavy atom. The summed E-state index contributed by atoms with van der Waals surface area (Å²) < 4.78 is 0. The van der Waals surface area contributed by atoms with Gasteiger partial charge in [-0.05, 0) is 31.0 Å². The molecule has 1 amide bonds. The lowest BCUT2D eigenvalue weighted by Crippen LogP contribution is -2.22. The van der Waals surface area contributed by atoms with Gasteiger partial charge in [0.25, 0.3) is 5.91 Å². The normalized spacial score (nSPS) is 12.0. The first-order valence-electron chi connectivity index (χ1n) is 6.66. The summed E-state index contributed by atoms with van der Waals surface area (Å²) in [5, 5.41) is 3.49. The summed E-state index contributed by atoms with van der Waals surface area (Å²) in [5.74, 6) is 0.0437. The lowest BCUT2D eigenvalue weighted by atomic mass is 10.1. The van der Waals surface area contributed by atoms with Crippen molar-refractivity contribution < 1.29 is 4.79 Å². The van der Waals surface area contributed by atoms with Crippen molar-refractivity contribution in [2.24, 2.45) is 0 Å². The molecule has 1 rings (SSSR count). The summed E-state index contributed by atoms with van der Waals surface area (Å²) >= 11 is 0. The van der Waals surface area contributed by atoms with Gasteiger partial charge >= 0.3 is 0 Å². The third kappa shape index (κ3) is 4.06. The molecular formula is C15H24N2O. The lowest BCUT2D eigenvalue weighted by molar-refractivity contribution is 0.0827. The Balaban J connectivity index is 2.78. The summed E-state index contributed by atoms with van der Waals surface area (Å²) in [6, 6.07) is 8.22. The van der Waals surface area contributed by atoms with Crippen molar-refractivity contribution in [2.45, 2.75) is 39.2 Å². The number of rotatable bonds is 6. The monoisotopic (exact) mass is 248 g/mol. The fraction of sp³-hybridized carbons (Fsp3) is 0.533. The van der Waals surface area contributed by atoms with Gasteiger partial charge in [-0.3, -0.25) is 4.79 Å². The molecule has 0 radical (unpaired) electrons. The van der Waals surface area contributed by atoms with Crippen LogP contribution in [-0.2, 0) is 0 Å². The van der Waals surface area contributed by atoms with Crippen LogP contribution >= 0.6 is 0 Å². The van der Waals surface area contributed by atoms with Crippen molar-refractivity contribution in [2.75, 3.05) is 19.4 Å². The number of nitrogens with one attached hydrogen (secondary N) is 1. The van der Waals surface area contributed by atoms with E-state index in [1.807, 2.05) is 24.3 Å². The van der Waals surface area contributed by atoms with Gasteiger partial charge in [0.05, 0.1) is 0 Å². The maximum absolute atomic E-state index is 11.9. The molecule has 0 spiro atoms. The molecule has 18 heavy (non-hydrogen) atoms. The molecule has 1 aromatic carbocycles. The molecular weight excluding hydrogens is 224 g/mol. The summed E-state index contributed by atoms with van der Waals surface area (Å²) in [6.07, 6.45) is 3.42. The van der Waals surface area contributed by atoms with E-state index in [1.165, 1.54) is 6.42 Å². The second-order valence-electron chi connectivity index (χ2n) is 4.82. The van der Waals surface area contributed by atoms with E-state index in [0.717, 1.165) is 24.1 Å². The Hall–Kier alpha value is -1.51. The van der Waals surface area contributed by atoms with Gasteiger partial charge in [-0.2, -0.15) is 0 Å². The molecule has 1 aromatic rings. The van der Waals surface area contributed by atoms with Crippen molar-refractivity contribution in [1.82, 2.24) is 4.90 Å². The minimum absolute atomic E-state index is 0.0437. The Labute approximate surface area is 110 Å². The molecule has 1 atom stereocenters. The Morgan fingerprint density at radius 3 is 2.61 bits per heavy atom. The van der Waals surface area contributed by atoms with E-state index in [4.69, 9.17) is 0 Å². The zero-order valence-corrected chi connectivity index (χ0v) is 11.9. The van der Waals surface area contributed by atoms with Gasteiger partial charge in [0.2, 0.25) is 0 Å². The number of carbonyl (C=O) groups excluding carboxylic acids is 1. The predicted molar refractivity (Wildman–Crippen MR) is 77.1 cm³/mol. The fourth-order valence-electron chi connectivity index (χ4n) is 1.96. The van der Waals surface area contributed by atoms with Crippen LogP contribution in [0.3, 0.4) is 0 Å². The molecule has 0 saturated heterocycles. The molecule has 0 fully saturated rings. The van der Waals surface area contributed by atoms with Gasteiger partial charge in [-0.1, -0.05) is 26.3 Å². The Morgan fingerprint density at radius 2 is 2.06 bits per heavy atom. The van der Waals surface area contributed by atoms with Gasteiger partial charge < -0.3 is 10.2 Å². The average Bonchev–Trinajstić information content (AvgIpc) is 2.37. The zero-order chi connectivity index (χ0) is 13.5. The number of nitrogens with zero attached hydrogens (tertiary/aromatic N) is 1. The number of carbonyl (C=O) groups is 1. The van der Waals surface area contributed by atoms with Gasteiger partial charge in [-0.25, -0.2) is 0 Å². The van der Waals surface area contributed by atoms with Crippen LogP contribution in [0.15, 0.2) is 24.3 Å². The molecule has 0 aliphatic heterocycles. The van der Waals surface area contributed by atoms with Gasteiger partial charge in [0.15, 0.2) is 0 Å². The second-order valence-corrected chi connectivity index (χ2v) is 4.82. The van der Waals surface area contributed by atoms with Crippen LogP contribution in [0.5, 0.6) is 0 Å². The smallest absolute Gasteiger partial charge is 0.253 e. The van der Waals surface area contributed by atoms with E-state index >= 15 is 0 Å². The lowest BCUT2D eigenvalue weighted by Gasteiger charge is -2.18. The van der Waals surface area contributed by atoms with E-state index in [0.29, 0.717) is 6.04 Å². The van der Waals surface area contributed by atoms with E-state index in [9.17, 15) is 4.79 Å². The molecule has 0 bridgehead atoms. The number of anilines is 1. The van der Waals surface area contributed by atoms with Crippen LogP contribution in [0.2, 0.25) is 0 Å². The van der Waals surface area contributed by atoms with Crippen LogP contribution in [0.1, 0.15) is 43.5 Å². The number of amides is 1. The Kier molecular flexibility index (Phi) is 5.69. The first kappa shape index (κ1) is 14.6. The highest BCUT2D eigenvalue weighted by molar-refractivity contribution is 5.94. The van der Waals surface area contributed by atoms with Crippen molar-refractivity contribution in [3.8, 4) is 0 Å². The fourth-order valence-corrected chi connectivity index (χ4v) is 1.96. The largest absolute Gasteiger partial charge is 0.382 e. The van der Waals surface area contributed by atoms with Crippen molar-refractivity contribution in [3.63, 3.8) is 0 Å². The van der Waals surface area contributed by atoms with Crippen LogP contribution in [-0.4, -0.2) is 30.9 Å². The molecule has 3 nitrogen and oxygen atoms in total. The van der Waals surface area contributed by atoms with E-state index in [2.05, 4.69) is 19.2 Å². The molecule has 3 heteroatoms. The third-order valence-corrected chi connectivity index (χ3v) is 3.02. The van der Waals surface area contributed by atoms with E-state index in [1.54, 1.807) is 19.0 Å². The highest BCUT2D eigenvalue weighted by Gasteiger charge is 2.09. The first-order valence-corrected chi connectivity index (χ1v) is 6.66. The standard InChI is InChI=1S/C15H24N2O/c1-5-8-13(6-2)16-14-10-7-9-12(11-14)15(18)17(3)4/h7,9-11,13,16H,5-6,8H2,1-4H3. The summed E-state index contributed by atoms with van der Waals surface area (Å²) in [6.45, 7) is 4.37. The average molecular weight is 248 g/mol. The molecule has 0 heterocycles. The molecule has 1 unspecified atom stereocenters. The zero-order valence-electron chi connectivity index (χ0n) is 11.9. The molecule has 0 saturated carbocycles. The number of benzene rings is 1. The quantitative estimate of drug-likeness (QED) is 0.837. The second kappa shape index (κ2) is 7.04. The highest BCUT2D eigenvalue weighted by Crippen LogP contribution is 2.15. The van der Waals surface area contributed by atoms with Crippen molar-refractivity contribution in [1.29, 1.82) is 0 Å². The third-order valence-electron chi connectivity index (χ3n) is 3.02. The van der Waals surface area contributed by atoms with Crippen LogP contribution in [0.4, 0.5) is 5.69 Å². The molecule has 0 aliphatic rings. The number of hydrogen-bond donors (Lipinski definition) is 1. The molecule has 0 aliphatic carbocycles. The van der Waals surface area contributed by atoms with E-state index < -0.39 is 0 Å². The number of hydrogen-bond acceptors (Lipinski definition) is 2. The van der Waals surface area contributed by atoms with E-state index in [-0.39, 0.29) is 5.91 Å². The van der Waals surface area contributed by atoms with Crippen molar-refractivity contribution >= 4 is 11.6 Å². The molecule has 0 aromatic heterocycles. The van der Waals surface area contributed by atoms with Gasteiger partial charge in [0, 0.05) is 31.4 Å². The SMILES string of the molecule is CCCC(CC)Nc1cccc(C(=O)N(C)C)c1. The summed E-state index contributed by atoms with van der Waals surface area (Å²) in [4.78, 5) is 13.5. The Bertz CT molecular complexity index is 388. The van der Waals surface area contributed by atoms with Crippen LogP contribution < -0.4 is 5.32 Å². The maximum atomic E-state index is 11.9. The van der Waals surface area contributed by atoms with Crippen LogP contribution in [0.25, 0.3) is 0 Å².